The molecule has 3 nitrogen and oxygen atoms in total. The van der Waals surface area contributed by atoms with Gasteiger partial charge in [0.15, 0.2) is 0 Å². The number of β-amino-alcohol motifs (C(OH)–C–C–N with tert-alkyl or cyclic N) is 1. The van der Waals surface area contributed by atoms with Gasteiger partial charge in [-0.05, 0) is 44.2 Å². The molecule has 0 aliphatic carbocycles. The van der Waals surface area contributed by atoms with Crippen molar-refractivity contribution in [2.75, 3.05) is 13.2 Å². The Kier molecular flexibility index (Phi) is 6.24. The lowest BCUT2D eigenvalue weighted by molar-refractivity contribution is 0.0941. The van der Waals surface area contributed by atoms with E-state index >= 15 is 0 Å². The quantitative estimate of drug-likeness (QED) is 0.808. The molecule has 2 N–H and O–H groups in total. The molecule has 0 radical (unpaired) electrons. The Morgan fingerprint density at radius 2 is 1.76 bits per heavy atom. The first-order valence-electron chi connectivity index (χ1n) is 7.71. The van der Waals surface area contributed by atoms with Crippen molar-refractivity contribution in [2.45, 2.75) is 59.6 Å². The van der Waals surface area contributed by atoms with Crippen LogP contribution in [-0.4, -0.2) is 29.9 Å². The summed E-state index contributed by atoms with van der Waals surface area (Å²) in [5.41, 5.74) is 1.35. The van der Waals surface area contributed by atoms with Gasteiger partial charge >= 0.3 is 0 Å². The van der Waals surface area contributed by atoms with Crippen LogP contribution in [0.25, 0.3) is 0 Å². The molecule has 0 spiro atoms. The van der Waals surface area contributed by atoms with E-state index in [0.717, 1.165) is 17.7 Å². The number of aliphatic hydroxyl groups is 1. The second-order valence-electron chi connectivity index (χ2n) is 7.73. The second kappa shape index (κ2) is 7.28. The number of hydrogen-bond donors (Lipinski definition) is 2. The number of aryl methyl sites for hydroxylation is 1. The third kappa shape index (κ3) is 7.49. The van der Waals surface area contributed by atoms with Crippen molar-refractivity contribution in [3.05, 3.63) is 29.8 Å². The van der Waals surface area contributed by atoms with Crippen molar-refractivity contribution >= 4 is 0 Å². The van der Waals surface area contributed by atoms with Gasteiger partial charge in [0.25, 0.3) is 0 Å². The Hall–Kier alpha value is -1.06. The van der Waals surface area contributed by atoms with Gasteiger partial charge in [-0.1, -0.05) is 39.0 Å². The van der Waals surface area contributed by atoms with Crippen LogP contribution < -0.4 is 10.1 Å². The van der Waals surface area contributed by atoms with Gasteiger partial charge in [0.05, 0.1) is 0 Å². The predicted octanol–water partition coefficient (Wildman–Crippen LogP) is 3.54. The van der Waals surface area contributed by atoms with Crippen LogP contribution in [0.5, 0.6) is 5.75 Å². The Bertz CT molecular complexity index is 435. The second-order valence-corrected chi connectivity index (χ2v) is 7.73. The third-order valence-electron chi connectivity index (χ3n) is 3.31. The SMILES string of the molecule is Cc1ccccc1OC[C@@H](O)CNC(C)(C)CC(C)(C)C. The van der Waals surface area contributed by atoms with Crippen molar-refractivity contribution < 1.29 is 9.84 Å². The molecule has 1 atom stereocenters. The van der Waals surface area contributed by atoms with Gasteiger partial charge in [0.2, 0.25) is 0 Å². The first-order chi connectivity index (χ1) is 9.59. The Balaban J connectivity index is 2.37. The molecule has 1 rings (SSSR count). The van der Waals surface area contributed by atoms with Gasteiger partial charge in [0, 0.05) is 12.1 Å². The molecule has 0 bridgehead atoms. The largest absolute Gasteiger partial charge is 0.491 e. The van der Waals surface area contributed by atoms with Gasteiger partial charge in [0.1, 0.15) is 18.5 Å². The van der Waals surface area contributed by atoms with Gasteiger partial charge in [-0.3, -0.25) is 0 Å². The van der Waals surface area contributed by atoms with E-state index in [-0.39, 0.29) is 11.0 Å². The summed E-state index contributed by atoms with van der Waals surface area (Å²) >= 11 is 0. The zero-order valence-corrected chi connectivity index (χ0v) is 14.4. The van der Waals surface area contributed by atoms with Crippen molar-refractivity contribution in [3.8, 4) is 5.75 Å². The van der Waals surface area contributed by atoms with E-state index in [4.69, 9.17) is 4.74 Å². The highest BCUT2D eigenvalue weighted by Gasteiger charge is 2.25. The molecule has 0 heterocycles. The Labute approximate surface area is 129 Å². The number of hydrogen-bond acceptors (Lipinski definition) is 3. The lowest BCUT2D eigenvalue weighted by atomic mass is 9.82. The van der Waals surface area contributed by atoms with Crippen molar-refractivity contribution in [3.63, 3.8) is 0 Å². The van der Waals surface area contributed by atoms with Gasteiger partial charge in [-0.15, -0.1) is 0 Å². The average molecular weight is 293 g/mol. The molecule has 21 heavy (non-hydrogen) atoms. The summed E-state index contributed by atoms with van der Waals surface area (Å²) < 4.78 is 5.67. The zero-order chi connectivity index (χ0) is 16.1. The van der Waals surface area contributed by atoms with E-state index in [1.165, 1.54) is 0 Å². The summed E-state index contributed by atoms with van der Waals surface area (Å²) in [6, 6.07) is 7.86. The van der Waals surface area contributed by atoms with E-state index in [1.54, 1.807) is 0 Å². The minimum atomic E-state index is -0.510. The molecule has 0 saturated heterocycles. The fourth-order valence-corrected chi connectivity index (χ4v) is 2.75. The maximum atomic E-state index is 10.1. The summed E-state index contributed by atoms with van der Waals surface area (Å²) in [5.74, 6) is 0.838. The molecule has 0 aliphatic heterocycles. The summed E-state index contributed by atoms with van der Waals surface area (Å²) in [4.78, 5) is 0. The number of benzene rings is 1. The molecular formula is C18H31NO2. The number of nitrogens with one attached hydrogen (secondary N) is 1. The van der Waals surface area contributed by atoms with E-state index < -0.39 is 6.10 Å². The molecule has 120 valence electrons. The maximum absolute atomic E-state index is 10.1. The number of ether oxygens (including phenoxy) is 1. The highest BCUT2D eigenvalue weighted by atomic mass is 16.5. The molecule has 1 aromatic rings. The van der Waals surface area contributed by atoms with Crippen LogP contribution in [0, 0.1) is 12.3 Å². The summed E-state index contributed by atoms with van der Waals surface area (Å²) in [5, 5.41) is 13.5. The highest BCUT2D eigenvalue weighted by molar-refractivity contribution is 5.31. The minimum Gasteiger partial charge on any atom is -0.491 e. The number of aliphatic hydroxyl groups excluding tert-OH is 1. The van der Waals surface area contributed by atoms with Crippen LogP contribution in [0.2, 0.25) is 0 Å². The molecule has 0 aromatic heterocycles. The fourth-order valence-electron chi connectivity index (χ4n) is 2.75. The first-order valence-corrected chi connectivity index (χ1v) is 7.71. The van der Waals surface area contributed by atoms with Crippen LogP contribution in [-0.2, 0) is 0 Å². The third-order valence-corrected chi connectivity index (χ3v) is 3.31. The molecule has 0 unspecified atom stereocenters. The molecule has 1 aromatic carbocycles. The van der Waals surface area contributed by atoms with Gasteiger partial charge in [-0.2, -0.15) is 0 Å². The average Bonchev–Trinajstić information content (AvgIpc) is 2.33. The molecule has 0 amide bonds. The molecule has 3 heteroatoms. The van der Waals surface area contributed by atoms with E-state index in [9.17, 15) is 5.11 Å². The van der Waals surface area contributed by atoms with Crippen LogP contribution >= 0.6 is 0 Å². The van der Waals surface area contributed by atoms with Crippen molar-refractivity contribution in [1.29, 1.82) is 0 Å². The minimum absolute atomic E-state index is 0.00188. The lowest BCUT2D eigenvalue weighted by Crippen LogP contribution is -2.46. The fraction of sp³-hybridized carbons (Fsp3) is 0.667. The summed E-state index contributed by atoms with van der Waals surface area (Å²) in [7, 11) is 0. The molecule has 0 aliphatic rings. The lowest BCUT2D eigenvalue weighted by Gasteiger charge is -2.34. The Morgan fingerprint density at radius 3 is 2.33 bits per heavy atom. The van der Waals surface area contributed by atoms with Gasteiger partial charge < -0.3 is 15.2 Å². The highest BCUT2D eigenvalue weighted by Crippen LogP contribution is 2.26. The normalized spacial score (nSPS) is 14.0. The van der Waals surface area contributed by atoms with Crippen LogP contribution in [0.1, 0.15) is 46.6 Å². The van der Waals surface area contributed by atoms with E-state index in [2.05, 4.69) is 39.9 Å². The van der Waals surface area contributed by atoms with Gasteiger partial charge in [-0.25, -0.2) is 0 Å². The Morgan fingerprint density at radius 1 is 1.14 bits per heavy atom. The molecule has 0 saturated carbocycles. The molecular weight excluding hydrogens is 262 g/mol. The standard InChI is InChI=1S/C18H31NO2/c1-14-9-7-8-10-16(14)21-12-15(20)11-19-18(5,6)13-17(2,3)4/h7-10,15,19-20H,11-13H2,1-6H3/t15-/m0/s1. The van der Waals surface area contributed by atoms with E-state index in [0.29, 0.717) is 13.2 Å². The number of rotatable bonds is 7. The zero-order valence-electron chi connectivity index (χ0n) is 14.4. The first kappa shape index (κ1) is 18.0. The molecule has 0 fully saturated rings. The summed E-state index contributed by atoms with van der Waals surface area (Å²) in [6.07, 6.45) is 0.537. The van der Waals surface area contributed by atoms with Crippen LogP contribution in [0.3, 0.4) is 0 Å². The topological polar surface area (TPSA) is 41.5 Å². The predicted molar refractivity (Wildman–Crippen MR) is 88.8 cm³/mol. The van der Waals surface area contributed by atoms with Crippen molar-refractivity contribution in [2.24, 2.45) is 5.41 Å². The van der Waals surface area contributed by atoms with Crippen molar-refractivity contribution in [1.82, 2.24) is 5.32 Å². The van der Waals surface area contributed by atoms with E-state index in [1.807, 2.05) is 31.2 Å². The van der Waals surface area contributed by atoms with Crippen LogP contribution in [0.4, 0.5) is 0 Å². The monoisotopic (exact) mass is 293 g/mol. The van der Waals surface area contributed by atoms with Crippen LogP contribution in [0.15, 0.2) is 24.3 Å². The summed E-state index contributed by atoms with van der Waals surface area (Å²) in [6.45, 7) is 13.9. The smallest absolute Gasteiger partial charge is 0.122 e. The maximum Gasteiger partial charge on any atom is 0.122 e. The number of para-hydroxylation sites is 1.